The Morgan fingerprint density at radius 3 is 2.34 bits per heavy atom. The highest BCUT2D eigenvalue weighted by Crippen LogP contribution is 2.43. The van der Waals surface area contributed by atoms with Crippen molar-refractivity contribution in [1.29, 1.82) is 0 Å². The summed E-state index contributed by atoms with van der Waals surface area (Å²) in [5.41, 5.74) is 7.92. The van der Waals surface area contributed by atoms with Crippen LogP contribution in [0, 0.1) is 17.8 Å². The van der Waals surface area contributed by atoms with Crippen LogP contribution in [0.4, 0.5) is 8.78 Å². The van der Waals surface area contributed by atoms with Gasteiger partial charge in [0.05, 0.1) is 10.4 Å². The maximum Gasteiger partial charge on any atom is 0.389 e. The molecule has 27 heteroatoms. The third-order valence-corrected chi connectivity index (χ3v) is 20.0. The van der Waals surface area contributed by atoms with Crippen LogP contribution in [0.3, 0.4) is 0 Å². The van der Waals surface area contributed by atoms with E-state index in [-0.39, 0.29) is 97.5 Å². The number of likely N-dealkylation sites (N-methyl/N-ethyl adjacent to an activating group) is 1. The van der Waals surface area contributed by atoms with Crippen LogP contribution in [0.2, 0.25) is 0 Å². The van der Waals surface area contributed by atoms with Gasteiger partial charge in [-0.25, -0.2) is 4.52 Å². The maximum atomic E-state index is 14.9. The van der Waals surface area contributed by atoms with E-state index in [9.17, 15) is 56.7 Å². The Labute approximate surface area is 536 Å². The molecule has 1 saturated carbocycles. The lowest BCUT2D eigenvalue weighted by Crippen LogP contribution is -2.62. The monoisotopic (exact) mass is 1310 g/mol. The van der Waals surface area contributed by atoms with Gasteiger partial charge in [-0.05, 0) is 142 Å². The Hall–Kier alpha value is -7.79. The lowest BCUT2D eigenvalue weighted by Gasteiger charge is -2.38. The van der Waals surface area contributed by atoms with E-state index >= 15 is 0 Å². The van der Waals surface area contributed by atoms with Crippen molar-refractivity contribution in [3.8, 4) is 11.8 Å². The summed E-state index contributed by atoms with van der Waals surface area (Å²) in [6.45, 7) is 3.95. The van der Waals surface area contributed by atoms with E-state index in [1.54, 1.807) is 41.3 Å². The van der Waals surface area contributed by atoms with Crippen LogP contribution in [0.25, 0.3) is 10.1 Å². The second-order valence-corrected chi connectivity index (χ2v) is 26.4. The van der Waals surface area contributed by atoms with E-state index < -0.39 is 92.0 Å². The number of alkyl halides is 2. The largest absolute Gasteiger partial charge is 0.389 e. The predicted octanol–water partition coefficient (Wildman–Crippen LogP) is 4.73. The minimum atomic E-state index is -4.04. The van der Waals surface area contributed by atoms with Crippen LogP contribution in [0.15, 0.2) is 66.7 Å². The van der Waals surface area contributed by atoms with Gasteiger partial charge in [-0.1, -0.05) is 56.2 Å². The van der Waals surface area contributed by atoms with E-state index in [2.05, 4.69) is 42.9 Å². The molecule has 0 radical (unpaired) electrons. The number of halogens is 2. The van der Waals surface area contributed by atoms with Gasteiger partial charge in [0.25, 0.3) is 17.7 Å². The van der Waals surface area contributed by atoms with Crippen molar-refractivity contribution < 1.29 is 71.0 Å². The average molecular weight is 1310 g/mol. The number of thiophene rings is 1. The van der Waals surface area contributed by atoms with Gasteiger partial charge in [-0.15, -0.1) is 11.3 Å². The number of amides is 10. The molecule has 23 nitrogen and oxygen atoms in total. The Morgan fingerprint density at radius 1 is 0.859 bits per heavy atom. The van der Waals surface area contributed by atoms with Gasteiger partial charge in [-0.3, -0.25) is 53.3 Å². The molecule has 5 aliphatic heterocycles. The molecule has 490 valence electrons. The van der Waals surface area contributed by atoms with Crippen LogP contribution >= 0.6 is 19.9 Å². The number of carbonyl (C=O) groups excluding carboxylic acids is 10. The number of piperidine rings is 2. The first-order valence-electron chi connectivity index (χ1n) is 31.6. The molecule has 3 aromatic carbocycles. The molecule has 4 saturated heterocycles. The number of imide groups is 1. The number of nitrogens with one attached hydrogen (secondary N) is 5. The summed E-state index contributed by atoms with van der Waals surface area (Å²) in [5.74, 6) is 1.51. The van der Waals surface area contributed by atoms with Crippen molar-refractivity contribution in [3.63, 3.8) is 0 Å². The molecule has 0 spiro atoms. The average Bonchev–Trinajstić information content (AvgIpc) is 1.71. The predicted molar refractivity (Wildman–Crippen MR) is 334 cm³/mol. The molecular weight excluding hydrogens is 1230 g/mol. The van der Waals surface area contributed by atoms with E-state index in [0.717, 1.165) is 67.6 Å². The standard InChI is InChI=1S/C65H77F2N10O13PS/c1-2-74-30-29-45-20-22-52(77(45)64(87)50(37-74)72-61(84)54-35-42-34-43(19-24-53(42)92-54)65(66,67)90-91(88)89)60(83)70-48(21-25-55(68)78)58(81)71-49(33-39-15-17-41(18-16-39)57(80)69-44-12-4-3-5-13-44)63(86)75-31-27-38(28-32-75)9-6-7-10-40-11-8-14-46-47(40)36-76(62(46)85)51-23-26-56(79)73-59(51)82/h8,11,14-19,24,34-35,38,44-45,48-52,88-89H,2-6,9,12-13,20-23,25-33,36-37H2,1H3,(H2,68,78)(H,69,80)(H,70,83)(H,71,81)(H,72,84)(H,73,79,82)/t45-,48+,49+,50+,51?,52+/m1/s1. The molecule has 9 N–H and O–H groups in total. The Bertz CT molecular complexity index is 3550. The molecule has 5 fully saturated rings. The number of benzene rings is 3. The molecule has 6 aliphatic rings. The van der Waals surface area contributed by atoms with Crippen molar-refractivity contribution in [1.82, 2.24) is 46.2 Å². The zero-order valence-corrected chi connectivity index (χ0v) is 52.8. The summed E-state index contributed by atoms with van der Waals surface area (Å²) in [5, 5.41) is 14.2. The quantitative estimate of drug-likeness (QED) is 0.0318. The molecular formula is C65H77F2N10O13PS. The normalized spacial score (nSPS) is 21.5. The molecule has 92 heavy (non-hydrogen) atoms. The van der Waals surface area contributed by atoms with Gasteiger partial charge in [0.1, 0.15) is 30.2 Å². The van der Waals surface area contributed by atoms with Gasteiger partial charge in [0.15, 0.2) is 0 Å². The van der Waals surface area contributed by atoms with Crippen LogP contribution < -0.4 is 32.3 Å². The molecule has 10 rings (SSSR count). The lowest BCUT2D eigenvalue weighted by atomic mass is 9.91. The summed E-state index contributed by atoms with van der Waals surface area (Å²) in [6, 6.07) is 11.0. The van der Waals surface area contributed by atoms with Crippen molar-refractivity contribution in [2.24, 2.45) is 11.7 Å². The van der Waals surface area contributed by atoms with Gasteiger partial charge >= 0.3 is 14.7 Å². The fourth-order valence-electron chi connectivity index (χ4n) is 13.5. The third-order valence-electron chi connectivity index (χ3n) is 18.5. The van der Waals surface area contributed by atoms with Crippen molar-refractivity contribution in [2.45, 2.75) is 171 Å². The molecule has 6 atom stereocenters. The zero-order chi connectivity index (χ0) is 65.4. The highest BCUT2D eigenvalue weighted by molar-refractivity contribution is 7.39. The van der Waals surface area contributed by atoms with Crippen LogP contribution in [-0.2, 0) is 57.2 Å². The Balaban J connectivity index is 0.813. The second kappa shape index (κ2) is 29.9. The number of fused-ring (bicyclic) bond motifs is 3. The number of nitrogens with zero attached hydrogens (tertiary/aromatic N) is 4. The number of likely N-dealkylation sites (tertiary alicyclic amines) is 1. The van der Waals surface area contributed by atoms with Crippen molar-refractivity contribution in [3.05, 3.63) is 105 Å². The Morgan fingerprint density at radius 2 is 1.62 bits per heavy atom. The molecule has 10 amide bonds. The van der Waals surface area contributed by atoms with Gasteiger partial charge < -0.3 is 56.4 Å². The SMILES string of the molecule is CCN1CC[C@H]2CC[C@@H](C(=O)N[C@@H](CCC(N)=O)C(=O)N[C@@H](Cc3ccc(C(=O)NC4CCCCC4)cc3)C(=O)N3CCC(CCC#Cc4cccc5c4CN(C4CCC(=O)NC4=O)C5=O)CC3)N2C(=O)[C@@H](NC(=O)c2cc3cc(C(F)(F)OP(O)O)ccc3s2)C1. The fourth-order valence-corrected chi connectivity index (χ4v) is 14.7. The fraction of sp³-hybridized carbons (Fsp3) is 0.508. The molecule has 1 aliphatic carbocycles. The summed E-state index contributed by atoms with van der Waals surface area (Å²) in [6.07, 6.45) is 4.42. The molecule has 1 unspecified atom stereocenters. The first kappa shape index (κ1) is 67.1. The lowest BCUT2D eigenvalue weighted by molar-refractivity contribution is -0.189. The van der Waals surface area contributed by atoms with E-state index in [1.807, 2.05) is 17.9 Å². The van der Waals surface area contributed by atoms with Crippen LogP contribution in [0.1, 0.15) is 162 Å². The summed E-state index contributed by atoms with van der Waals surface area (Å²) < 4.78 is 33.8. The number of carbonyl (C=O) groups is 10. The van der Waals surface area contributed by atoms with Crippen molar-refractivity contribution in [2.75, 3.05) is 32.7 Å². The minimum Gasteiger partial charge on any atom is -0.370 e. The van der Waals surface area contributed by atoms with Gasteiger partial charge in [0.2, 0.25) is 41.4 Å². The first-order valence-corrected chi connectivity index (χ1v) is 33.6. The summed E-state index contributed by atoms with van der Waals surface area (Å²) in [7, 11) is -3.39. The summed E-state index contributed by atoms with van der Waals surface area (Å²) in [4.78, 5) is 162. The van der Waals surface area contributed by atoms with Gasteiger partial charge in [-0.2, -0.15) is 8.78 Å². The smallest absolute Gasteiger partial charge is 0.370 e. The van der Waals surface area contributed by atoms with Crippen LogP contribution in [0.5, 0.6) is 0 Å². The first-order chi connectivity index (χ1) is 44.1. The third kappa shape index (κ3) is 16.2. The van der Waals surface area contributed by atoms with Crippen LogP contribution in [-0.4, -0.2) is 163 Å². The molecule has 1 aromatic heterocycles. The van der Waals surface area contributed by atoms with E-state index in [4.69, 9.17) is 15.5 Å². The van der Waals surface area contributed by atoms with Gasteiger partial charge in [0, 0.05) is 91.9 Å². The number of hydrogen-bond donors (Lipinski definition) is 8. The van der Waals surface area contributed by atoms with E-state index in [0.29, 0.717) is 85.2 Å². The maximum absolute atomic E-state index is 14.9. The molecule has 4 aromatic rings. The van der Waals surface area contributed by atoms with Crippen molar-refractivity contribution >= 4 is 89.1 Å². The Kier molecular flexibility index (Phi) is 21.8. The highest BCUT2D eigenvalue weighted by atomic mass is 32.1. The molecule has 0 bridgehead atoms. The molecule has 6 heterocycles. The number of hydrogen-bond acceptors (Lipinski definition) is 15. The summed E-state index contributed by atoms with van der Waals surface area (Å²) >= 11 is 0.985. The number of primary amides is 1. The van der Waals surface area contributed by atoms with E-state index in [1.165, 1.54) is 21.9 Å². The minimum absolute atomic E-state index is 0.000687. The number of nitrogens with two attached hydrogens (primary N) is 1. The number of rotatable bonds is 21. The second-order valence-electron chi connectivity index (χ2n) is 24.6. The zero-order valence-electron chi connectivity index (χ0n) is 51.1. The highest BCUT2D eigenvalue weighted by Gasteiger charge is 2.47. The topological polar surface area (TPSA) is 320 Å².